The lowest BCUT2D eigenvalue weighted by molar-refractivity contribution is 0.457. The number of aromatic nitrogens is 3. The fourth-order valence-electron chi connectivity index (χ4n) is 2.37. The molecule has 3 heterocycles. The van der Waals surface area contributed by atoms with Crippen LogP contribution < -0.4 is 0 Å². The Balaban J connectivity index is 1.69. The fourth-order valence-corrected chi connectivity index (χ4v) is 2.54. The van der Waals surface area contributed by atoms with Gasteiger partial charge in [0, 0.05) is 28.2 Å². The molecule has 0 amide bonds. The molecule has 0 radical (unpaired) electrons. The smallest absolute Gasteiger partial charge is 0.198 e. The number of fused-ring (bicyclic) bond motifs is 1. The first-order valence-corrected chi connectivity index (χ1v) is 7.22. The normalized spacial score (nSPS) is 11.7. The number of halogens is 1. The fraction of sp³-hybridized carbons (Fsp3) is 0. The number of hydrogen-bond donors (Lipinski definition) is 3. The molecule has 0 unspecified atom stereocenters. The van der Waals surface area contributed by atoms with Crippen LogP contribution in [0.5, 0.6) is 5.88 Å². The maximum atomic E-state index is 10.0. The molecule has 1 aromatic carbocycles. The minimum Gasteiger partial charge on any atom is -0.494 e. The van der Waals surface area contributed by atoms with Gasteiger partial charge in [-0.25, -0.2) is 4.99 Å². The van der Waals surface area contributed by atoms with Gasteiger partial charge in [0.05, 0.1) is 11.8 Å². The summed E-state index contributed by atoms with van der Waals surface area (Å²) in [6.45, 7) is 0. The Morgan fingerprint density at radius 2 is 2.17 bits per heavy atom. The average Bonchev–Trinajstić information content (AvgIpc) is 3.24. The summed E-state index contributed by atoms with van der Waals surface area (Å²) in [7, 11) is 0. The van der Waals surface area contributed by atoms with Gasteiger partial charge in [0.15, 0.2) is 17.5 Å². The van der Waals surface area contributed by atoms with Gasteiger partial charge in [-0.05, 0) is 30.3 Å². The third kappa shape index (κ3) is 2.49. The zero-order chi connectivity index (χ0) is 15.8. The van der Waals surface area contributed by atoms with E-state index in [1.807, 2.05) is 6.07 Å². The first-order valence-electron chi connectivity index (χ1n) is 6.84. The van der Waals surface area contributed by atoms with E-state index in [4.69, 9.17) is 16.0 Å². The van der Waals surface area contributed by atoms with E-state index in [1.165, 1.54) is 0 Å². The predicted octanol–water partition coefficient (Wildman–Crippen LogP) is 4.26. The number of rotatable bonds is 3. The van der Waals surface area contributed by atoms with Crippen LogP contribution in [0, 0.1) is 0 Å². The minimum absolute atomic E-state index is 0.0350. The van der Waals surface area contributed by atoms with Crippen molar-refractivity contribution in [2.24, 2.45) is 4.99 Å². The molecule has 0 bridgehead atoms. The summed E-state index contributed by atoms with van der Waals surface area (Å²) in [6, 6.07) is 10.7. The number of nitrogens with one attached hydrogen (secondary N) is 2. The van der Waals surface area contributed by atoms with E-state index in [2.05, 4.69) is 20.2 Å². The number of aromatic amines is 2. The molecule has 23 heavy (non-hydrogen) atoms. The number of aliphatic imine (C=N–C) groups is 1. The maximum absolute atomic E-state index is 10.0. The highest BCUT2D eigenvalue weighted by Gasteiger charge is 2.10. The number of benzene rings is 1. The van der Waals surface area contributed by atoms with Crippen molar-refractivity contribution in [3.63, 3.8) is 0 Å². The van der Waals surface area contributed by atoms with Gasteiger partial charge in [-0.1, -0.05) is 11.6 Å². The first-order chi connectivity index (χ1) is 11.2. The molecule has 3 N–H and O–H groups in total. The van der Waals surface area contributed by atoms with Crippen LogP contribution >= 0.6 is 11.6 Å². The summed E-state index contributed by atoms with van der Waals surface area (Å²) >= 11 is 6.01. The van der Waals surface area contributed by atoms with Crippen molar-refractivity contribution in [2.75, 3.05) is 0 Å². The van der Waals surface area contributed by atoms with Gasteiger partial charge < -0.3 is 14.5 Å². The topological polar surface area (TPSA) is 90.2 Å². The SMILES string of the molecule is Oc1[nH]c2ccc(Cl)cc2c1C=Nc1cc(-c2ccco2)[nH]n1. The summed E-state index contributed by atoms with van der Waals surface area (Å²) < 4.78 is 5.29. The van der Waals surface area contributed by atoms with Crippen molar-refractivity contribution in [2.45, 2.75) is 0 Å². The number of aromatic hydroxyl groups is 1. The lowest BCUT2D eigenvalue weighted by Gasteiger charge is -1.93. The van der Waals surface area contributed by atoms with E-state index in [-0.39, 0.29) is 5.88 Å². The van der Waals surface area contributed by atoms with Crippen molar-refractivity contribution in [1.29, 1.82) is 0 Å². The van der Waals surface area contributed by atoms with Gasteiger partial charge in [0.2, 0.25) is 0 Å². The van der Waals surface area contributed by atoms with Crippen molar-refractivity contribution >= 4 is 34.5 Å². The lowest BCUT2D eigenvalue weighted by atomic mass is 10.2. The van der Waals surface area contributed by atoms with Crippen LogP contribution in [0.2, 0.25) is 5.02 Å². The Bertz CT molecular complexity index is 999. The molecule has 7 heteroatoms. The number of hydrogen-bond acceptors (Lipinski definition) is 4. The van der Waals surface area contributed by atoms with Gasteiger partial charge in [-0.2, -0.15) is 5.10 Å². The molecule has 3 aromatic heterocycles. The molecule has 0 spiro atoms. The van der Waals surface area contributed by atoms with E-state index >= 15 is 0 Å². The van der Waals surface area contributed by atoms with Crippen LogP contribution in [-0.2, 0) is 0 Å². The number of H-pyrrole nitrogens is 2. The van der Waals surface area contributed by atoms with Crippen LogP contribution in [0.3, 0.4) is 0 Å². The van der Waals surface area contributed by atoms with Crippen molar-refractivity contribution in [1.82, 2.24) is 15.2 Å². The zero-order valence-corrected chi connectivity index (χ0v) is 12.5. The lowest BCUT2D eigenvalue weighted by Crippen LogP contribution is -1.79. The van der Waals surface area contributed by atoms with Gasteiger partial charge >= 0.3 is 0 Å². The molecule has 114 valence electrons. The Hall–Kier alpha value is -2.99. The molecular weight excluding hydrogens is 316 g/mol. The van der Waals surface area contributed by atoms with Crippen LogP contribution in [0.25, 0.3) is 22.4 Å². The second-order valence-corrected chi connectivity index (χ2v) is 5.39. The maximum Gasteiger partial charge on any atom is 0.198 e. The molecule has 0 atom stereocenters. The summed E-state index contributed by atoms with van der Waals surface area (Å²) in [5.41, 5.74) is 2.07. The molecule has 6 nitrogen and oxygen atoms in total. The quantitative estimate of drug-likeness (QED) is 0.491. The van der Waals surface area contributed by atoms with Crippen LogP contribution in [0.4, 0.5) is 5.82 Å². The van der Waals surface area contributed by atoms with Gasteiger partial charge in [0.25, 0.3) is 0 Å². The van der Waals surface area contributed by atoms with E-state index in [0.29, 0.717) is 22.2 Å². The van der Waals surface area contributed by atoms with E-state index in [9.17, 15) is 5.11 Å². The molecule has 0 fully saturated rings. The average molecular weight is 327 g/mol. The third-order valence-corrected chi connectivity index (χ3v) is 3.69. The van der Waals surface area contributed by atoms with Crippen molar-refractivity contribution in [3.05, 3.63) is 53.2 Å². The molecule has 4 aromatic rings. The molecule has 0 saturated heterocycles. The Morgan fingerprint density at radius 1 is 1.26 bits per heavy atom. The highest BCUT2D eigenvalue weighted by atomic mass is 35.5. The van der Waals surface area contributed by atoms with Crippen molar-refractivity contribution in [3.8, 4) is 17.3 Å². The Labute approximate surface area is 135 Å². The highest BCUT2D eigenvalue weighted by Crippen LogP contribution is 2.29. The van der Waals surface area contributed by atoms with Gasteiger partial charge in [-0.15, -0.1) is 0 Å². The minimum atomic E-state index is 0.0350. The molecule has 0 saturated carbocycles. The number of nitrogens with zero attached hydrogens (tertiary/aromatic N) is 2. The molecular formula is C16H11ClN4O2. The predicted molar refractivity (Wildman–Crippen MR) is 88.5 cm³/mol. The first kappa shape index (κ1) is 13.7. The van der Waals surface area contributed by atoms with Crippen molar-refractivity contribution < 1.29 is 9.52 Å². The van der Waals surface area contributed by atoms with Crippen LogP contribution in [0.1, 0.15) is 5.56 Å². The van der Waals surface area contributed by atoms with E-state index in [1.54, 1.807) is 42.8 Å². The van der Waals surface area contributed by atoms with Gasteiger partial charge in [-0.3, -0.25) is 5.10 Å². The van der Waals surface area contributed by atoms with E-state index < -0.39 is 0 Å². The van der Waals surface area contributed by atoms with Crippen LogP contribution in [-0.4, -0.2) is 26.5 Å². The standard InChI is InChI=1S/C16H11ClN4O2/c17-9-3-4-12-10(6-9)11(16(22)19-12)8-18-15-7-13(20-21-15)14-2-1-5-23-14/h1-8,19,22H,(H,20,21). The summed E-state index contributed by atoms with van der Waals surface area (Å²) in [5.74, 6) is 1.20. The van der Waals surface area contributed by atoms with E-state index in [0.717, 1.165) is 16.6 Å². The van der Waals surface area contributed by atoms with Crippen LogP contribution in [0.15, 0.2) is 52.1 Å². The Kier molecular flexibility index (Phi) is 3.17. The summed E-state index contributed by atoms with van der Waals surface area (Å²) in [4.78, 5) is 7.17. The Morgan fingerprint density at radius 3 is 3.00 bits per heavy atom. The monoisotopic (exact) mass is 326 g/mol. The van der Waals surface area contributed by atoms with Gasteiger partial charge in [0.1, 0.15) is 5.69 Å². The second kappa shape index (κ2) is 5.33. The largest absolute Gasteiger partial charge is 0.494 e. The highest BCUT2D eigenvalue weighted by molar-refractivity contribution is 6.31. The number of furan rings is 1. The zero-order valence-electron chi connectivity index (χ0n) is 11.7. The molecule has 0 aliphatic heterocycles. The summed E-state index contributed by atoms with van der Waals surface area (Å²) in [6.07, 6.45) is 3.14. The molecule has 0 aliphatic rings. The molecule has 4 rings (SSSR count). The molecule has 0 aliphatic carbocycles. The second-order valence-electron chi connectivity index (χ2n) is 4.95. The summed E-state index contributed by atoms with van der Waals surface area (Å²) in [5, 5.41) is 18.4. The third-order valence-electron chi connectivity index (χ3n) is 3.46.